The fourth-order valence-electron chi connectivity index (χ4n) is 3.79. The first-order valence-electron chi connectivity index (χ1n) is 10.2. The van der Waals surface area contributed by atoms with Crippen LogP contribution in [0.15, 0.2) is 66.7 Å². The van der Waals surface area contributed by atoms with Crippen LogP contribution in [0.4, 0.5) is 0 Å². The van der Waals surface area contributed by atoms with Gasteiger partial charge in [0.1, 0.15) is 0 Å². The van der Waals surface area contributed by atoms with Crippen molar-refractivity contribution in [2.75, 3.05) is 0 Å². The van der Waals surface area contributed by atoms with Crippen molar-refractivity contribution in [3.8, 4) is 0 Å². The van der Waals surface area contributed by atoms with Gasteiger partial charge in [-0.1, -0.05) is 48.5 Å². The first-order chi connectivity index (χ1) is 14.6. The number of aryl methyl sites for hydroxylation is 1. The summed E-state index contributed by atoms with van der Waals surface area (Å²) in [6.45, 7) is 1.59. The molecule has 0 bridgehead atoms. The Bertz CT molecular complexity index is 1110. The predicted molar refractivity (Wildman–Crippen MR) is 117 cm³/mol. The maximum Gasteiger partial charge on any atom is 0.331 e. The summed E-state index contributed by atoms with van der Waals surface area (Å²) < 4.78 is 5.29. The fraction of sp³-hybridized carbons (Fsp3) is 0.240. The molecule has 1 amide bonds. The van der Waals surface area contributed by atoms with Gasteiger partial charge in [0.05, 0.1) is 17.3 Å². The van der Waals surface area contributed by atoms with Crippen molar-refractivity contribution in [2.45, 2.75) is 38.3 Å². The summed E-state index contributed by atoms with van der Waals surface area (Å²) in [6, 6.07) is 19.7. The maximum absolute atomic E-state index is 12.6. The number of hydrogen-bond acceptors (Lipinski definition) is 4. The molecule has 1 N–H and O–H groups in total. The van der Waals surface area contributed by atoms with Crippen molar-refractivity contribution in [1.82, 2.24) is 10.3 Å². The average molecular weight is 400 g/mol. The Hall–Kier alpha value is -3.47. The fourth-order valence-corrected chi connectivity index (χ4v) is 3.79. The highest BCUT2D eigenvalue weighted by molar-refractivity contribution is 5.90. The minimum Gasteiger partial charge on any atom is -0.449 e. The van der Waals surface area contributed by atoms with Crippen LogP contribution in [0, 0.1) is 0 Å². The zero-order valence-electron chi connectivity index (χ0n) is 16.9. The van der Waals surface area contributed by atoms with E-state index >= 15 is 0 Å². The van der Waals surface area contributed by atoms with Crippen molar-refractivity contribution in [3.63, 3.8) is 0 Å². The Kier molecular flexibility index (Phi) is 5.89. The van der Waals surface area contributed by atoms with Gasteiger partial charge in [0.25, 0.3) is 5.91 Å². The number of fused-ring (bicyclic) bond motifs is 2. The SMILES string of the molecule is C[C@@H](OC(=O)/C=C/c1ccc2ccccc2n1)C(=O)N[C@H]1CCCc2ccccc21. The minimum atomic E-state index is -0.874. The molecule has 1 aliphatic rings. The van der Waals surface area contributed by atoms with Crippen LogP contribution < -0.4 is 5.32 Å². The second-order valence-electron chi connectivity index (χ2n) is 7.49. The molecule has 5 heteroatoms. The van der Waals surface area contributed by atoms with Gasteiger partial charge in [-0.3, -0.25) is 4.79 Å². The number of hydrogen-bond donors (Lipinski definition) is 1. The monoisotopic (exact) mass is 400 g/mol. The summed E-state index contributed by atoms with van der Waals surface area (Å²) in [5.41, 5.74) is 3.93. The summed E-state index contributed by atoms with van der Waals surface area (Å²) in [5.74, 6) is -0.862. The Morgan fingerprint density at radius 3 is 2.80 bits per heavy atom. The molecule has 5 nitrogen and oxygen atoms in total. The number of aromatic nitrogens is 1. The molecule has 0 saturated carbocycles. The second-order valence-corrected chi connectivity index (χ2v) is 7.49. The van der Waals surface area contributed by atoms with Crippen LogP contribution in [0.25, 0.3) is 17.0 Å². The van der Waals surface area contributed by atoms with Crippen molar-refractivity contribution in [2.24, 2.45) is 0 Å². The van der Waals surface area contributed by atoms with Gasteiger partial charge in [-0.15, -0.1) is 0 Å². The molecule has 0 aliphatic heterocycles. The van der Waals surface area contributed by atoms with Crippen molar-refractivity contribution in [3.05, 3.63) is 83.6 Å². The average Bonchev–Trinajstić information content (AvgIpc) is 2.77. The van der Waals surface area contributed by atoms with Gasteiger partial charge >= 0.3 is 5.97 Å². The molecule has 2 atom stereocenters. The number of amides is 1. The third-order valence-electron chi connectivity index (χ3n) is 5.36. The number of esters is 1. The van der Waals surface area contributed by atoms with Crippen molar-refractivity contribution >= 4 is 28.9 Å². The number of benzene rings is 2. The highest BCUT2D eigenvalue weighted by Crippen LogP contribution is 2.29. The molecule has 0 unspecified atom stereocenters. The lowest BCUT2D eigenvalue weighted by Gasteiger charge is -2.27. The number of carbonyl (C=O) groups excluding carboxylic acids is 2. The number of ether oxygens (including phenoxy) is 1. The summed E-state index contributed by atoms with van der Waals surface area (Å²) in [5, 5.41) is 4.06. The Balaban J connectivity index is 1.35. The Morgan fingerprint density at radius 1 is 1.10 bits per heavy atom. The molecular formula is C25H24N2O3. The van der Waals surface area contributed by atoms with E-state index in [1.54, 1.807) is 13.0 Å². The standard InChI is InChI=1S/C25H24N2O3/c1-17(25(29)27-23-12-6-9-18-7-2-4-10-21(18)23)30-24(28)16-15-20-14-13-19-8-3-5-11-22(19)26-20/h2-5,7-8,10-11,13-17,23H,6,9,12H2,1H3,(H,27,29)/b16-15+/t17-,23+/m1/s1. The van der Waals surface area contributed by atoms with E-state index in [-0.39, 0.29) is 11.9 Å². The molecule has 3 aromatic rings. The van der Waals surface area contributed by atoms with Gasteiger partial charge in [0, 0.05) is 11.5 Å². The van der Waals surface area contributed by atoms with Crippen LogP contribution in [-0.2, 0) is 20.7 Å². The minimum absolute atomic E-state index is 0.0408. The third-order valence-corrected chi connectivity index (χ3v) is 5.36. The van der Waals surface area contributed by atoms with Gasteiger partial charge in [0.2, 0.25) is 0 Å². The largest absolute Gasteiger partial charge is 0.449 e. The van der Waals surface area contributed by atoms with E-state index in [0.29, 0.717) is 5.69 Å². The summed E-state index contributed by atoms with van der Waals surface area (Å²) in [7, 11) is 0. The lowest BCUT2D eigenvalue weighted by molar-refractivity contribution is -0.150. The molecule has 152 valence electrons. The molecule has 0 spiro atoms. The smallest absolute Gasteiger partial charge is 0.331 e. The molecule has 4 rings (SSSR count). The van der Waals surface area contributed by atoms with E-state index in [4.69, 9.17) is 4.74 Å². The molecule has 2 aromatic carbocycles. The highest BCUT2D eigenvalue weighted by Gasteiger charge is 2.24. The zero-order chi connectivity index (χ0) is 20.9. The second kappa shape index (κ2) is 8.91. The topological polar surface area (TPSA) is 68.3 Å². The molecule has 0 fully saturated rings. The lowest BCUT2D eigenvalue weighted by Crippen LogP contribution is -2.39. The molecule has 0 saturated heterocycles. The van der Waals surface area contributed by atoms with Gasteiger partial charge < -0.3 is 10.1 Å². The van der Waals surface area contributed by atoms with Crippen LogP contribution in [0.3, 0.4) is 0 Å². The van der Waals surface area contributed by atoms with Gasteiger partial charge in [-0.05, 0) is 55.5 Å². The number of carbonyl (C=O) groups is 2. The number of nitrogens with zero attached hydrogens (tertiary/aromatic N) is 1. The van der Waals surface area contributed by atoms with Crippen LogP contribution in [-0.4, -0.2) is 23.0 Å². The van der Waals surface area contributed by atoms with E-state index < -0.39 is 12.1 Å². The lowest BCUT2D eigenvalue weighted by atomic mass is 9.87. The van der Waals surface area contributed by atoms with Crippen molar-refractivity contribution in [1.29, 1.82) is 0 Å². The van der Waals surface area contributed by atoms with E-state index in [0.717, 1.165) is 35.7 Å². The van der Waals surface area contributed by atoms with Crippen molar-refractivity contribution < 1.29 is 14.3 Å². The number of para-hydroxylation sites is 1. The summed E-state index contributed by atoms with van der Waals surface area (Å²) in [6.07, 6.45) is 4.96. The van der Waals surface area contributed by atoms with Crippen LogP contribution >= 0.6 is 0 Å². The summed E-state index contributed by atoms with van der Waals surface area (Å²) >= 11 is 0. The van der Waals surface area contributed by atoms with Gasteiger partial charge in [-0.25, -0.2) is 9.78 Å². The van der Waals surface area contributed by atoms with Crippen LogP contribution in [0.5, 0.6) is 0 Å². The Morgan fingerprint density at radius 2 is 1.90 bits per heavy atom. The highest BCUT2D eigenvalue weighted by atomic mass is 16.5. The third kappa shape index (κ3) is 4.57. The number of nitrogens with one attached hydrogen (secondary N) is 1. The molecule has 30 heavy (non-hydrogen) atoms. The number of rotatable bonds is 5. The van der Waals surface area contributed by atoms with Crippen LogP contribution in [0.1, 0.15) is 42.6 Å². The predicted octanol–water partition coefficient (Wildman–Crippen LogP) is 4.37. The summed E-state index contributed by atoms with van der Waals surface area (Å²) in [4.78, 5) is 29.2. The van der Waals surface area contributed by atoms with E-state index in [1.165, 1.54) is 11.6 Å². The molecule has 1 aliphatic carbocycles. The zero-order valence-corrected chi connectivity index (χ0v) is 16.9. The first-order valence-corrected chi connectivity index (χ1v) is 10.2. The molecule has 1 aromatic heterocycles. The van der Waals surface area contributed by atoms with E-state index in [2.05, 4.69) is 22.4 Å². The molecular weight excluding hydrogens is 376 g/mol. The van der Waals surface area contributed by atoms with E-state index in [9.17, 15) is 9.59 Å². The normalized spacial score (nSPS) is 16.8. The quantitative estimate of drug-likeness (QED) is 0.510. The van der Waals surface area contributed by atoms with Gasteiger partial charge in [0.15, 0.2) is 6.10 Å². The van der Waals surface area contributed by atoms with E-state index in [1.807, 2.05) is 48.5 Å². The number of pyridine rings is 1. The van der Waals surface area contributed by atoms with Crippen LogP contribution in [0.2, 0.25) is 0 Å². The maximum atomic E-state index is 12.6. The first kappa shape index (κ1) is 19.8. The molecule has 0 radical (unpaired) electrons. The van der Waals surface area contributed by atoms with Gasteiger partial charge in [-0.2, -0.15) is 0 Å². The molecule has 1 heterocycles. The Labute approximate surface area is 175 Å².